The van der Waals surface area contributed by atoms with Gasteiger partial charge in [0, 0.05) is 29.5 Å². The molecule has 0 amide bonds. The second kappa shape index (κ2) is 13.6. The number of hydrogen-bond acceptors (Lipinski definition) is 12. The van der Waals surface area contributed by atoms with Crippen LogP contribution in [0.3, 0.4) is 0 Å². The number of azo groups is 1. The quantitative estimate of drug-likeness (QED) is 0.132. The number of rotatable bonds is 11. The smallest absolute Gasteiger partial charge is 0.264 e. The minimum Gasteiger partial charge on any atom is -0.337 e. The van der Waals surface area contributed by atoms with Gasteiger partial charge in [0.25, 0.3) is 20.0 Å². The molecule has 15 nitrogen and oxygen atoms in total. The lowest BCUT2D eigenvalue weighted by Crippen LogP contribution is -2.16. The van der Waals surface area contributed by atoms with Crippen LogP contribution in [-0.4, -0.2) is 46.6 Å². The van der Waals surface area contributed by atoms with Crippen LogP contribution in [0, 0.1) is 20.8 Å². The summed E-state index contributed by atoms with van der Waals surface area (Å²) in [5.74, 6) is 0.340. The van der Waals surface area contributed by atoms with Crippen molar-refractivity contribution in [2.75, 3.05) is 14.8 Å². The fourth-order valence-electron chi connectivity index (χ4n) is 4.66. The van der Waals surface area contributed by atoms with Crippen molar-refractivity contribution in [3.05, 3.63) is 120 Å². The molecule has 6 aromatic rings. The van der Waals surface area contributed by atoms with Crippen LogP contribution >= 0.6 is 0 Å². The zero-order valence-electron chi connectivity index (χ0n) is 26.3. The van der Waals surface area contributed by atoms with E-state index in [1.165, 1.54) is 48.8 Å². The van der Waals surface area contributed by atoms with E-state index < -0.39 is 20.0 Å². The molecule has 3 heterocycles. The van der Waals surface area contributed by atoms with E-state index in [2.05, 4.69) is 44.9 Å². The monoisotopic (exact) mass is 695 g/mol. The van der Waals surface area contributed by atoms with E-state index in [-0.39, 0.29) is 21.7 Å². The Hall–Kier alpha value is -6.07. The number of anilines is 4. The van der Waals surface area contributed by atoms with Crippen LogP contribution in [0.4, 0.5) is 34.8 Å². The van der Waals surface area contributed by atoms with E-state index in [1.54, 1.807) is 49.7 Å². The molecular weight excluding hydrogens is 667 g/mol. The van der Waals surface area contributed by atoms with Gasteiger partial charge in [-0.15, -0.1) is 10.2 Å². The summed E-state index contributed by atoms with van der Waals surface area (Å²) in [4.78, 5) is 16.1. The standard InChI is InChI=1S/C32H29N11O4S2/c1-21-20-22(2)36-32(35-21)42-49(46,47)28-16-12-26(13-17-28)43-23(3)29(30(40-43)37-24-8-5-4-6-9-24)39-38-25-10-14-27(15-11-25)48(44,45)41-31-33-18-7-19-34-31/h4-20H,1-3H3,(H,37,40)(H,33,34,41)(H,35,36,42). The van der Waals surface area contributed by atoms with Gasteiger partial charge in [-0.2, -0.15) is 5.11 Å². The van der Waals surface area contributed by atoms with E-state index in [9.17, 15) is 16.8 Å². The first-order valence-corrected chi connectivity index (χ1v) is 17.6. The van der Waals surface area contributed by atoms with Crippen LogP contribution in [0.5, 0.6) is 0 Å². The van der Waals surface area contributed by atoms with Crippen LogP contribution < -0.4 is 14.8 Å². The number of hydrogen-bond donors (Lipinski definition) is 3. The van der Waals surface area contributed by atoms with Gasteiger partial charge >= 0.3 is 0 Å². The molecule has 49 heavy (non-hydrogen) atoms. The number of benzene rings is 3. The van der Waals surface area contributed by atoms with Gasteiger partial charge in [-0.1, -0.05) is 18.2 Å². The predicted molar refractivity (Wildman–Crippen MR) is 184 cm³/mol. The van der Waals surface area contributed by atoms with Gasteiger partial charge in [-0.3, -0.25) is 0 Å². The average molecular weight is 696 g/mol. The summed E-state index contributed by atoms with van der Waals surface area (Å²) in [6, 6.07) is 24.7. The molecule has 248 valence electrons. The number of aryl methyl sites for hydroxylation is 2. The van der Waals surface area contributed by atoms with Gasteiger partial charge < -0.3 is 5.32 Å². The summed E-state index contributed by atoms with van der Waals surface area (Å²) in [5.41, 5.74) is 4.01. The lowest BCUT2D eigenvalue weighted by Gasteiger charge is -2.09. The Bertz CT molecular complexity index is 2330. The van der Waals surface area contributed by atoms with Gasteiger partial charge in [0.05, 0.1) is 26.9 Å². The lowest BCUT2D eigenvalue weighted by atomic mass is 10.3. The molecule has 0 bridgehead atoms. The molecule has 0 radical (unpaired) electrons. The van der Waals surface area contributed by atoms with Crippen molar-refractivity contribution in [1.82, 2.24) is 29.7 Å². The maximum Gasteiger partial charge on any atom is 0.264 e. The normalized spacial score (nSPS) is 11.8. The van der Waals surface area contributed by atoms with Gasteiger partial charge in [0.2, 0.25) is 11.9 Å². The fraction of sp³-hybridized carbons (Fsp3) is 0.0938. The van der Waals surface area contributed by atoms with Gasteiger partial charge in [0.1, 0.15) is 0 Å². The van der Waals surface area contributed by atoms with Gasteiger partial charge in [0.15, 0.2) is 11.5 Å². The van der Waals surface area contributed by atoms with E-state index in [1.807, 2.05) is 30.3 Å². The molecule has 0 aliphatic rings. The van der Waals surface area contributed by atoms with Gasteiger partial charge in [-0.05, 0) is 93.6 Å². The molecule has 0 unspecified atom stereocenters. The van der Waals surface area contributed by atoms with Crippen molar-refractivity contribution in [3.63, 3.8) is 0 Å². The summed E-state index contributed by atoms with van der Waals surface area (Å²) >= 11 is 0. The highest BCUT2D eigenvalue weighted by atomic mass is 32.2. The summed E-state index contributed by atoms with van der Waals surface area (Å²) in [6.45, 7) is 5.31. The molecule has 3 aromatic carbocycles. The van der Waals surface area contributed by atoms with Crippen LogP contribution in [0.25, 0.3) is 5.69 Å². The first kappa shape index (κ1) is 32.9. The van der Waals surface area contributed by atoms with E-state index in [0.717, 1.165) is 5.69 Å². The molecule has 0 saturated heterocycles. The van der Waals surface area contributed by atoms with Crippen LogP contribution in [0.2, 0.25) is 0 Å². The molecule has 17 heteroatoms. The number of sulfonamides is 2. The van der Waals surface area contributed by atoms with Crippen LogP contribution in [-0.2, 0) is 20.0 Å². The molecule has 0 aliphatic carbocycles. The Balaban J connectivity index is 1.27. The number of para-hydroxylation sites is 1. The molecule has 0 saturated carbocycles. The van der Waals surface area contributed by atoms with Crippen molar-refractivity contribution in [2.24, 2.45) is 10.2 Å². The minimum absolute atomic E-state index is 0.00322. The first-order valence-electron chi connectivity index (χ1n) is 14.7. The Labute approximate surface area is 282 Å². The molecule has 0 atom stereocenters. The molecule has 0 fully saturated rings. The molecule has 3 aromatic heterocycles. The summed E-state index contributed by atoms with van der Waals surface area (Å²) < 4.78 is 58.1. The van der Waals surface area contributed by atoms with Crippen molar-refractivity contribution < 1.29 is 16.8 Å². The Kier molecular flexibility index (Phi) is 9.10. The largest absolute Gasteiger partial charge is 0.337 e. The first-order chi connectivity index (χ1) is 23.5. The lowest BCUT2D eigenvalue weighted by molar-refractivity contribution is 0.599. The fourth-order valence-corrected chi connectivity index (χ4v) is 6.56. The van der Waals surface area contributed by atoms with Crippen molar-refractivity contribution in [2.45, 2.75) is 30.6 Å². The maximum absolute atomic E-state index is 13.1. The number of nitrogens with zero attached hydrogens (tertiary/aromatic N) is 8. The Morgan fingerprint density at radius 3 is 1.84 bits per heavy atom. The third kappa shape index (κ3) is 7.74. The topological polar surface area (TPSA) is 198 Å². The predicted octanol–water partition coefficient (Wildman–Crippen LogP) is 6.14. The highest BCUT2D eigenvalue weighted by Crippen LogP contribution is 2.34. The molecular formula is C32H29N11O4S2. The highest BCUT2D eigenvalue weighted by molar-refractivity contribution is 7.93. The summed E-state index contributed by atoms with van der Waals surface area (Å²) in [7, 11) is -7.89. The minimum atomic E-state index is -3.97. The molecule has 6 rings (SSSR count). The van der Waals surface area contributed by atoms with Gasteiger partial charge in [-0.25, -0.2) is 50.9 Å². The van der Waals surface area contributed by atoms with E-state index >= 15 is 0 Å². The second-order valence-corrected chi connectivity index (χ2v) is 14.0. The summed E-state index contributed by atoms with van der Waals surface area (Å²) in [5, 5.41) is 16.8. The highest BCUT2D eigenvalue weighted by Gasteiger charge is 2.20. The van der Waals surface area contributed by atoms with Crippen molar-refractivity contribution in [3.8, 4) is 5.69 Å². The van der Waals surface area contributed by atoms with Crippen LogP contribution in [0.1, 0.15) is 17.1 Å². The second-order valence-electron chi connectivity index (χ2n) is 10.6. The molecule has 3 N–H and O–H groups in total. The number of nitrogens with one attached hydrogen (secondary N) is 3. The summed E-state index contributed by atoms with van der Waals surface area (Å²) in [6.07, 6.45) is 2.86. The number of aromatic nitrogens is 6. The zero-order valence-corrected chi connectivity index (χ0v) is 28.0. The Morgan fingerprint density at radius 1 is 0.653 bits per heavy atom. The Morgan fingerprint density at radius 2 is 1.22 bits per heavy atom. The molecule has 0 spiro atoms. The van der Waals surface area contributed by atoms with E-state index in [4.69, 9.17) is 5.10 Å². The SMILES string of the molecule is Cc1cc(C)nc(NS(=O)(=O)c2ccc(-n3nc(Nc4ccccc4)c(N=Nc4ccc(S(=O)(=O)Nc5ncccn5)cc4)c3C)cc2)n1. The van der Waals surface area contributed by atoms with E-state index in [0.29, 0.717) is 40.0 Å². The third-order valence-corrected chi connectivity index (χ3v) is 9.61. The van der Waals surface area contributed by atoms with Crippen LogP contribution in [0.15, 0.2) is 123 Å². The van der Waals surface area contributed by atoms with Crippen molar-refractivity contribution >= 4 is 54.8 Å². The maximum atomic E-state index is 13.1. The van der Waals surface area contributed by atoms with Crippen molar-refractivity contribution in [1.29, 1.82) is 0 Å². The zero-order chi connectivity index (χ0) is 34.6. The third-order valence-electron chi connectivity index (χ3n) is 6.92. The average Bonchev–Trinajstić information content (AvgIpc) is 3.38. The molecule has 0 aliphatic heterocycles.